The maximum atomic E-state index is 13.9. The molecule has 3 aliphatic rings. The molecule has 50 heavy (non-hydrogen) atoms. The summed E-state index contributed by atoms with van der Waals surface area (Å²) in [6.07, 6.45) is -4.56. The maximum absolute atomic E-state index is 13.9. The lowest BCUT2D eigenvalue weighted by Crippen LogP contribution is -2.52. The van der Waals surface area contributed by atoms with Crippen molar-refractivity contribution in [3.05, 3.63) is 81.4 Å². The molecule has 6 atom stereocenters. The number of hydrazone groups is 1. The molecule has 3 aromatic carbocycles. The second-order valence-electron chi connectivity index (χ2n) is 13.2. The van der Waals surface area contributed by atoms with Crippen molar-refractivity contribution in [2.45, 2.75) is 69.4 Å². The van der Waals surface area contributed by atoms with Gasteiger partial charge in [0.1, 0.15) is 22.8 Å². The number of ether oxygens (including phenoxy) is 3. The highest BCUT2D eigenvalue weighted by Gasteiger charge is 2.49. The van der Waals surface area contributed by atoms with Gasteiger partial charge in [-0.25, -0.2) is 5.43 Å². The second kappa shape index (κ2) is 13.1. The average molecular weight is 689 g/mol. The molecule has 0 spiro atoms. The molecule has 0 bridgehead atoms. The van der Waals surface area contributed by atoms with E-state index in [1.165, 1.54) is 32.2 Å². The van der Waals surface area contributed by atoms with Crippen molar-refractivity contribution in [2.75, 3.05) is 26.1 Å². The van der Waals surface area contributed by atoms with Crippen LogP contribution in [0.5, 0.6) is 17.2 Å². The highest BCUT2D eigenvalue weighted by atomic mass is 16.7. The topological polar surface area (TPSA) is 213 Å². The highest BCUT2D eigenvalue weighted by molar-refractivity contribution is 6.31. The molecule has 6 rings (SSSR count). The van der Waals surface area contributed by atoms with E-state index in [-0.39, 0.29) is 53.0 Å². The molecule has 3 aromatic rings. The van der Waals surface area contributed by atoms with Crippen LogP contribution in [0.4, 0.5) is 5.69 Å². The van der Waals surface area contributed by atoms with Crippen LogP contribution in [-0.2, 0) is 15.9 Å². The molecule has 2 aliphatic carbocycles. The number of aliphatic hydroxyl groups is 2. The Labute approximate surface area is 288 Å². The number of phenols is 2. The number of nitrogens with two attached hydrogens (primary N) is 1. The summed E-state index contributed by atoms with van der Waals surface area (Å²) in [6, 6.07) is 10.6. The second-order valence-corrected chi connectivity index (χ2v) is 13.2. The SMILES string of the molecule is COc1cccc2c1C(=O)c1c(O)c3c(c(O)c1C2=O)C[C@@](O)(C(C)=NNC(=O)c1ccc(N(C)C)cc1)C[C@@H]3OC1CC(N)C(O)C(C)O1. The first-order valence-corrected chi connectivity index (χ1v) is 16.1. The van der Waals surface area contributed by atoms with Crippen LogP contribution in [0.2, 0.25) is 0 Å². The minimum Gasteiger partial charge on any atom is -0.507 e. The molecular formula is C36H40N4O10. The van der Waals surface area contributed by atoms with Gasteiger partial charge in [-0.3, -0.25) is 14.4 Å². The monoisotopic (exact) mass is 688 g/mol. The van der Waals surface area contributed by atoms with Gasteiger partial charge in [0.25, 0.3) is 5.91 Å². The molecule has 0 aromatic heterocycles. The van der Waals surface area contributed by atoms with Crippen LogP contribution in [0, 0.1) is 0 Å². The number of aromatic hydroxyl groups is 2. The molecule has 14 heteroatoms. The molecule has 1 saturated heterocycles. The van der Waals surface area contributed by atoms with Crippen LogP contribution in [0.25, 0.3) is 0 Å². The van der Waals surface area contributed by atoms with Crippen molar-refractivity contribution in [1.29, 1.82) is 0 Å². The van der Waals surface area contributed by atoms with Crippen molar-refractivity contribution in [2.24, 2.45) is 10.8 Å². The number of anilines is 1. The fourth-order valence-corrected chi connectivity index (χ4v) is 6.88. The lowest BCUT2D eigenvalue weighted by molar-refractivity contribution is -0.245. The van der Waals surface area contributed by atoms with E-state index in [2.05, 4.69) is 10.5 Å². The Balaban J connectivity index is 1.42. The van der Waals surface area contributed by atoms with E-state index in [1.807, 2.05) is 19.0 Å². The van der Waals surface area contributed by atoms with E-state index >= 15 is 0 Å². The van der Waals surface area contributed by atoms with Crippen LogP contribution in [0.15, 0.2) is 47.6 Å². The molecule has 0 radical (unpaired) electrons. The molecule has 1 aliphatic heterocycles. The minimum absolute atomic E-state index is 0.0217. The third kappa shape index (κ3) is 5.88. The summed E-state index contributed by atoms with van der Waals surface area (Å²) in [4.78, 5) is 42.6. The smallest absolute Gasteiger partial charge is 0.271 e. The number of fused-ring (bicyclic) bond motifs is 3. The van der Waals surface area contributed by atoms with Crippen molar-refractivity contribution in [1.82, 2.24) is 5.43 Å². The van der Waals surface area contributed by atoms with Crippen LogP contribution < -0.4 is 20.8 Å². The van der Waals surface area contributed by atoms with E-state index in [1.54, 1.807) is 31.2 Å². The van der Waals surface area contributed by atoms with E-state index < -0.39 is 76.3 Å². The zero-order valence-corrected chi connectivity index (χ0v) is 28.3. The van der Waals surface area contributed by atoms with Gasteiger partial charge < -0.3 is 45.3 Å². The molecular weight excluding hydrogens is 648 g/mol. The van der Waals surface area contributed by atoms with Crippen molar-refractivity contribution in [3.8, 4) is 17.2 Å². The number of hydrogen-bond donors (Lipinski definition) is 6. The maximum Gasteiger partial charge on any atom is 0.271 e. The summed E-state index contributed by atoms with van der Waals surface area (Å²) in [5, 5.41) is 50.2. The molecule has 264 valence electrons. The number of nitrogens with zero attached hydrogens (tertiary/aromatic N) is 2. The Bertz CT molecular complexity index is 1900. The number of carbonyl (C=O) groups is 3. The third-order valence-corrected chi connectivity index (χ3v) is 9.79. The van der Waals surface area contributed by atoms with Gasteiger partial charge in [-0.05, 0) is 44.2 Å². The molecule has 4 unspecified atom stereocenters. The lowest BCUT2D eigenvalue weighted by atomic mass is 9.71. The first-order chi connectivity index (χ1) is 23.7. The highest BCUT2D eigenvalue weighted by Crippen LogP contribution is 2.52. The fourth-order valence-electron chi connectivity index (χ4n) is 6.88. The number of benzene rings is 3. The van der Waals surface area contributed by atoms with Gasteiger partial charge in [-0.1, -0.05) is 12.1 Å². The predicted octanol–water partition coefficient (Wildman–Crippen LogP) is 2.31. The summed E-state index contributed by atoms with van der Waals surface area (Å²) in [6.45, 7) is 3.10. The van der Waals surface area contributed by atoms with Crippen molar-refractivity contribution >= 4 is 28.9 Å². The van der Waals surface area contributed by atoms with Gasteiger partial charge in [0.2, 0.25) is 5.78 Å². The van der Waals surface area contributed by atoms with Crippen LogP contribution in [0.1, 0.15) is 86.1 Å². The minimum atomic E-state index is -1.90. The number of rotatable bonds is 7. The average Bonchev–Trinajstić information content (AvgIpc) is 3.09. The molecule has 1 amide bonds. The Morgan fingerprint density at radius 2 is 1.74 bits per heavy atom. The van der Waals surface area contributed by atoms with Gasteiger partial charge in [-0.2, -0.15) is 5.10 Å². The number of amides is 1. The van der Waals surface area contributed by atoms with E-state index in [9.17, 15) is 34.8 Å². The summed E-state index contributed by atoms with van der Waals surface area (Å²) >= 11 is 0. The Morgan fingerprint density at radius 3 is 2.38 bits per heavy atom. The Kier molecular flexibility index (Phi) is 9.18. The van der Waals surface area contributed by atoms with Gasteiger partial charge in [0, 0.05) is 67.3 Å². The first kappa shape index (κ1) is 35.0. The number of ketones is 2. The van der Waals surface area contributed by atoms with Gasteiger partial charge >= 0.3 is 0 Å². The normalized spacial score (nSPS) is 26.1. The van der Waals surface area contributed by atoms with Gasteiger partial charge in [-0.15, -0.1) is 0 Å². The molecule has 0 saturated carbocycles. The van der Waals surface area contributed by atoms with E-state index in [0.717, 1.165) is 5.69 Å². The number of phenolic OH excluding ortho intramolecular Hbond substituents is 2. The molecule has 1 heterocycles. The quantitative estimate of drug-likeness (QED) is 0.0938. The van der Waals surface area contributed by atoms with Gasteiger partial charge in [0.05, 0.1) is 47.8 Å². The lowest BCUT2D eigenvalue weighted by Gasteiger charge is -2.42. The Morgan fingerprint density at radius 1 is 1.06 bits per heavy atom. The third-order valence-electron chi connectivity index (χ3n) is 9.79. The Hall–Kier alpha value is -4.86. The van der Waals surface area contributed by atoms with Crippen LogP contribution in [0.3, 0.4) is 0 Å². The van der Waals surface area contributed by atoms with Crippen LogP contribution in [-0.4, -0.2) is 95.0 Å². The van der Waals surface area contributed by atoms with E-state index in [0.29, 0.717) is 5.56 Å². The summed E-state index contributed by atoms with van der Waals surface area (Å²) in [5.74, 6) is -3.11. The molecule has 7 N–H and O–H groups in total. The zero-order chi connectivity index (χ0) is 36.2. The molecule has 1 fully saturated rings. The van der Waals surface area contributed by atoms with E-state index in [4.69, 9.17) is 19.9 Å². The standard InChI is InChI=1S/C36H40N4O10/c1-16-30(41)22(37)13-25(49-16)50-24-15-36(47,17(2)38-39-35(46)18-9-11-19(12-10-18)40(3)4)14-21-27(24)34(45)29-28(32(21)43)31(42)20-7-6-8-23(48-5)26(20)33(29)44/h6-12,16,22,24-25,30,41,43,45,47H,13-15,37H2,1-5H3,(H,39,46)/t16?,22?,24-,25?,30?,36-/m0/s1. The number of nitrogens with one attached hydrogen (secondary N) is 1. The largest absolute Gasteiger partial charge is 0.507 e. The molecule has 14 nitrogen and oxygen atoms in total. The number of carbonyl (C=O) groups excluding carboxylic acids is 3. The zero-order valence-electron chi connectivity index (χ0n) is 28.3. The van der Waals surface area contributed by atoms with Gasteiger partial charge in [0.15, 0.2) is 12.1 Å². The van der Waals surface area contributed by atoms with Crippen molar-refractivity contribution < 1.29 is 49.0 Å². The fraction of sp³-hybridized carbons (Fsp3) is 0.389. The number of methoxy groups -OCH3 is 1. The number of aliphatic hydroxyl groups excluding tert-OH is 1. The summed E-state index contributed by atoms with van der Waals surface area (Å²) < 4.78 is 17.5. The summed E-state index contributed by atoms with van der Waals surface area (Å²) in [7, 11) is 5.09. The predicted molar refractivity (Wildman–Crippen MR) is 181 cm³/mol. The number of hydrogen-bond acceptors (Lipinski definition) is 13. The van der Waals surface area contributed by atoms with Crippen molar-refractivity contribution in [3.63, 3.8) is 0 Å². The summed E-state index contributed by atoms with van der Waals surface area (Å²) in [5.41, 5.74) is 6.94. The first-order valence-electron chi connectivity index (χ1n) is 16.1. The van der Waals surface area contributed by atoms with Crippen LogP contribution >= 0.6 is 0 Å².